The minimum absolute atomic E-state index is 0.404. The first-order chi connectivity index (χ1) is 9.66. The average Bonchev–Trinajstić information content (AvgIpc) is 2.48. The van der Waals surface area contributed by atoms with E-state index in [0.29, 0.717) is 18.7 Å². The van der Waals surface area contributed by atoms with Gasteiger partial charge in [0.15, 0.2) is 0 Å². The highest BCUT2D eigenvalue weighted by Gasteiger charge is 2.25. The molecule has 0 saturated carbocycles. The molecule has 1 fully saturated rings. The molecule has 1 saturated heterocycles. The highest BCUT2D eigenvalue weighted by Crippen LogP contribution is 2.10. The summed E-state index contributed by atoms with van der Waals surface area (Å²) >= 11 is 0. The van der Waals surface area contributed by atoms with Gasteiger partial charge in [-0.05, 0) is 25.0 Å². The molecule has 1 aromatic rings. The molecule has 1 aromatic carbocycles. The maximum Gasteiger partial charge on any atom is 0.355 e. The van der Waals surface area contributed by atoms with E-state index in [0.717, 1.165) is 19.3 Å². The minimum atomic E-state index is -1.36. The van der Waals surface area contributed by atoms with Gasteiger partial charge in [-0.3, -0.25) is 9.63 Å². The molecule has 6 heteroatoms. The molecule has 108 valence electrons. The third kappa shape index (κ3) is 4.04. The number of piperidine rings is 1. The van der Waals surface area contributed by atoms with Crippen molar-refractivity contribution in [3.8, 4) is 0 Å². The second-order valence-electron chi connectivity index (χ2n) is 4.65. The number of carboxylic acids is 1. The number of carbonyl (C=O) groups excluding carboxylic acids is 1. The van der Waals surface area contributed by atoms with Crippen LogP contribution in [0.4, 0.5) is 0 Å². The van der Waals surface area contributed by atoms with E-state index >= 15 is 0 Å². The zero-order valence-electron chi connectivity index (χ0n) is 11.1. The second kappa shape index (κ2) is 7.02. The first-order valence-electron chi connectivity index (χ1n) is 6.67. The molecule has 0 spiro atoms. The van der Waals surface area contributed by atoms with Crippen molar-refractivity contribution in [2.75, 3.05) is 13.1 Å². The molecule has 1 heterocycles. The minimum Gasteiger partial charge on any atom is -0.478 e. The zero-order valence-corrected chi connectivity index (χ0v) is 11.1. The van der Waals surface area contributed by atoms with Gasteiger partial charge in [-0.25, -0.2) is 4.79 Å². The van der Waals surface area contributed by atoms with Crippen LogP contribution in [0, 0.1) is 0 Å². The summed E-state index contributed by atoms with van der Waals surface area (Å²) in [5, 5.41) is 13.1. The van der Waals surface area contributed by atoms with Gasteiger partial charge in [-0.2, -0.15) is 5.06 Å². The predicted octanol–water partition coefficient (Wildman–Crippen LogP) is 1.24. The molecule has 2 rings (SSSR count). The smallest absolute Gasteiger partial charge is 0.355 e. The summed E-state index contributed by atoms with van der Waals surface area (Å²) in [6.07, 6.45) is 1.70. The van der Waals surface area contributed by atoms with Crippen LogP contribution in [0.5, 0.6) is 0 Å². The van der Waals surface area contributed by atoms with E-state index in [9.17, 15) is 9.59 Å². The summed E-state index contributed by atoms with van der Waals surface area (Å²) in [4.78, 5) is 28.4. The van der Waals surface area contributed by atoms with Crippen LogP contribution in [0.2, 0.25) is 0 Å². The summed E-state index contributed by atoms with van der Waals surface area (Å²) in [7, 11) is 0. The number of aliphatic carboxylic acids is 1. The van der Waals surface area contributed by atoms with Gasteiger partial charge in [-0.1, -0.05) is 24.6 Å². The fourth-order valence-corrected chi connectivity index (χ4v) is 2.04. The Morgan fingerprint density at radius 1 is 1.15 bits per heavy atom. The van der Waals surface area contributed by atoms with Crippen molar-refractivity contribution in [3.05, 3.63) is 35.9 Å². The number of nitrogens with zero attached hydrogens (tertiary/aromatic N) is 1. The molecule has 2 N–H and O–H groups in total. The lowest BCUT2D eigenvalue weighted by Gasteiger charge is -2.28. The molecule has 1 aliphatic rings. The summed E-state index contributed by atoms with van der Waals surface area (Å²) in [5.41, 5.74) is 0.404. The average molecular weight is 278 g/mol. The number of amides is 1. The van der Waals surface area contributed by atoms with Gasteiger partial charge in [-0.15, -0.1) is 0 Å². The largest absolute Gasteiger partial charge is 0.478 e. The molecule has 6 nitrogen and oxygen atoms in total. The van der Waals surface area contributed by atoms with Crippen LogP contribution in [0.15, 0.2) is 30.3 Å². The molecule has 0 bridgehead atoms. The van der Waals surface area contributed by atoms with Gasteiger partial charge in [0.2, 0.25) is 6.23 Å². The van der Waals surface area contributed by atoms with Crippen molar-refractivity contribution in [1.29, 1.82) is 0 Å². The number of hydroxylamine groups is 2. The lowest BCUT2D eigenvalue weighted by Crippen LogP contribution is -2.47. The van der Waals surface area contributed by atoms with Gasteiger partial charge in [0.1, 0.15) is 0 Å². The first kappa shape index (κ1) is 14.5. The number of nitrogens with one attached hydrogen (secondary N) is 1. The molecular formula is C14H18N2O4. The predicted molar refractivity (Wildman–Crippen MR) is 71.8 cm³/mol. The third-order valence-corrected chi connectivity index (χ3v) is 3.09. The van der Waals surface area contributed by atoms with Gasteiger partial charge < -0.3 is 10.4 Å². The number of carbonyl (C=O) groups is 2. The Kier molecular flexibility index (Phi) is 5.09. The summed E-state index contributed by atoms with van der Waals surface area (Å²) < 4.78 is 0. The Bertz CT molecular complexity index is 458. The van der Waals surface area contributed by atoms with Gasteiger partial charge >= 0.3 is 5.97 Å². The number of benzene rings is 1. The number of hydrogen-bond acceptors (Lipinski definition) is 4. The van der Waals surface area contributed by atoms with Crippen LogP contribution in [0.1, 0.15) is 29.6 Å². The lowest BCUT2D eigenvalue weighted by atomic mass is 10.2. The van der Waals surface area contributed by atoms with E-state index in [1.807, 2.05) is 0 Å². The maximum absolute atomic E-state index is 11.9. The number of carboxylic acid groups (broad SMARTS) is 1. The molecule has 0 radical (unpaired) electrons. The van der Waals surface area contributed by atoms with Crippen molar-refractivity contribution in [2.24, 2.45) is 0 Å². The van der Waals surface area contributed by atoms with Crippen molar-refractivity contribution >= 4 is 11.9 Å². The van der Waals surface area contributed by atoms with Gasteiger partial charge in [0.05, 0.1) is 0 Å². The zero-order chi connectivity index (χ0) is 14.4. The topological polar surface area (TPSA) is 78.9 Å². The molecule has 1 amide bonds. The van der Waals surface area contributed by atoms with Crippen LogP contribution in [0.3, 0.4) is 0 Å². The van der Waals surface area contributed by atoms with Gasteiger partial charge in [0.25, 0.3) is 5.91 Å². The molecule has 0 aromatic heterocycles. The van der Waals surface area contributed by atoms with Crippen molar-refractivity contribution < 1.29 is 19.5 Å². The van der Waals surface area contributed by atoms with E-state index in [1.54, 1.807) is 35.4 Å². The van der Waals surface area contributed by atoms with Crippen molar-refractivity contribution in [3.63, 3.8) is 0 Å². The van der Waals surface area contributed by atoms with Crippen LogP contribution in [0.25, 0.3) is 0 Å². The quantitative estimate of drug-likeness (QED) is 0.792. The molecular weight excluding hydrogens is 260 g/mol. The highest BCUT2D eigenvalue weighted by atomic mass is 16.7. The number of hydrogen-bond donors (Lipinski definition) is 2. The molecule has 20 heavy (non-hydrogen) atoms. The molecule has 0 aliphatic carbocycles. The van der Waals surface area contributed by atoms with Crippen molar-refractivity contribution in [2.45, 2.75) is 25.5 Å². The molecule has 1 aliphatic heterocycles. The van der Waals surface area contributed by atoms with Crippen LogP contribution < -0.4 is 5.32 Å². The normalized spacial score (nSPS) is 17.4. The summed E-state index contributed by atoms with van der Waals surface area (Å²) in [5.74, 6) is -1.67. The van der Waals surface area contributed by atoms with E-state index in [-0.39, 0.29) is 0 Å². The monoisotopic (exact) mass is 278 g/mol. The molecule has 0 unspecified atom stereocenters. The SMILES string of the molecule is O=C(N[C@H](ON1CCCCC1)C(=O)O)c1ccccc1. The van der Waals surface area contributed by atoms with E-state index in [2.05, 4.69) is 5.32 Å². The lowest BCUT2D eigenvalue weighted by molar-refractivity contribution is -0.219. The third-order valence-electron chi connectivity index (χ3n) is 3.09. The van der Waals surface area contributed by atoms with Crippen molar-refractivity contribution in [1.82, 2.24) is 10.4 Å². The Morgan fingerprint density at radius 3 is 2.40 bits per heavy atom. The van der Waals surface area contributed by atoms with E-state index in [4.69, 9.17) is 9.94 Å². The van der Waals surface area contributed by atoms with E-state index in [1.165, 1.54) is 0 Å². The second-order valence-corrected chi connectivity index (χ2v) is 4.65. The Hall–Kier alpha value is -1.92. The summed E-state index contributed by atoms with van der Waals surface area (Å²) in [6, 6.07) is 8.46. The van der Waals surface area contributed by atoms with Gasteiger partial charge in [0, 0.05) is 18.7 Å². The standard InChI is InChI=1S/C14H18N2O4/c17-12(11-7-3-1-4-8-11)15-13(14(18)19)20-16-9-5-2-6-10-16/h1,3-4,7-8,13H,2,5-6,9-10H2,(H,15,17)(H,18,19)/t13-/m1/s1. The van der Waals surface area contributed by atoms with Crippen LogP contribution in [-0.4, -0.2) is 41.4 Å². The Balaban J connectivity index is 1.95. The summed E-state index contributed by atoms with van der Waals surface area (Å²) in [6.45, 7) is 1.37. The maximum atomic E-state index is 11.9. The number of rotatable bonds is 5. The fourth-order valence-electron chi connectivity index (χ4n) is 2.04. The van der Waals surface area contributed by atoms with Crippen LogP contribution in [-0.2, 0) is 9.63 Å². The highest BCUT2D eigenvalue weighted by molar-refractivity contribution is 5.96. The fraction of sp³-hybridized carbons (Fsp3) is 0.429. The Morgan fingerprint density at radius 2 is 1.80 bits per heavy atom. The van der Waals surface area contributed by atoms with Crippen LogP contribution >= 0.6 is 0 Å². The Labute approximate surface area is 117 Å². The molecule has 1 atom stereocenters. The first-order valence-corrected chi connectivity index (χ1v) is 6.67. The van der Waals surface area contributed by atoms with E-state index < -0.39 is 18.1 Å².